The van der Waals surface area contributed by atoms with Crippen LogP contribution in [0.15, 0.2) is 54.9 Å². The van der Waals surface area contributed by atoms with Gasteiger partial charge in [-0.15, -0.1) is 0 Å². The van der Waals surface area contributed by atoms with E-state index in [9.17, 15) is 8.78 Å². The first kappa shape index (κ1) is 13.3. The smallest absolute Gasteiger partial charge is 0.163 e. The first-order valence-electron chi connectivity index (χ1n) is 6.45. The van der Waals surface area contributed by atoms with Crippen LogP contribution in [0, 0.1) is 11.6 Å². The zero-order valence-corrected chi connectivity index (χ0v) is 11.1. The maximum absolute atomic E-state index is 13.8. The molecule has 0 amide bonds. The number of hydrogen-bond acceptors (Lipinski definition) is 2. The van der Waals surface area contributed by atoms with E-state index < -0.39 is 11.6 Å². The van der Waals surface area contributed by atoms with Gasteiger partial charge in [0.05, 0.1) is 6.54 Å². The van der Waals surface area contributed by atoms with Crippen molar-refractivity contribution < 1.29 is 8.78 Å². The van der Waals surface area contributed by atoms with E-state index in [2.05, 4.69) is 4.98 Å². The molecular formula is C16H13F2N3. The van der Waals surface area contributed by atoms with Crippen molar-refractivity contribution in [2.75, 3.05) is 5.73 Å². The van der Waals surface area contributed by atoms with Crippen molar-refractivity contribution in [1.82, 2.24) is 9.55 Å². The Hall–Kier alpha value is -2.69. The molecule has 0 aliphatic rings. The summed E-state index contributed by atoms with van der Waals surface area (Å²) in [6, 6.07) is 11.4. The summed E-state index contributed by atoms with van der Waals surface area (Å²) in [6.45, 7) is 0.212. The van der Waals surface area contributed by atoms with Crippen molar-refractivity contribution >= 4 is 5.69 Å². The lowest BCUT2D eigenvalue weighted by atomic mass is 10.1. The second kappa shape index (κ2) is 5.36. The molecule has 3 aromatic rings. The number of benzene rings is 2. The lowest BCUT2D eigenvalue weighted by Crippen LogP contribution is -2.04. The van der Waals surface area contributed by atoms with Crippen molar-refractivity contribution in [2.24, 2.45) is 0 Å². The third kappa shape index (κ3) is 2.63. The highest BCUT2D eigenvalue weighted by molar-refractivity contribution is 5.59. The molecule has 21 heavy (non-hydrogen) atoms. The normalized spacial score (nSPS) is 10.8. The Morgan fingerprint density at radius 2 is 1.81 bits per heavy atom. The van der Waals surface area contributed by atoms with Gasteiger partial charge in [0.25, 0.3) is 0 Å². The summed E-state index contributed by atoms with van der Waals surface area (Å²) in [7, 11) is 0. The van der Waals surface area contributed by atoms with Crippen molar-refractivity contribution in [3.8, 4) is 11.4 Å². The van der Waals surface area contributed by atoms with Gasteiger partial charge in [-0.1, -0.05) is 12.1 Å². The molecule has 106 valence electrons. The van der Waals surface area contributed by atoms with E-state index in [1.165, 1.54) is 6.07 Å². The average molecular weight is 285 g/mol. The lowest BCUT2D eigenvalue weighted by Gasteiger charge is -2.09. The molecule has 0 unspecified atom stereocenters. The van der Waals surface area contributed by atoms with Crippen molar-refractivity contribution in [3.63, 3.8) is 0 Å². The van der Waals surface area contributed by atoms with E-state index in [-0.39, 0.29) is 12.1 Å². The molecule has 0 saturated carbocycles. The minimum atomic E-state index is -0.846. The quantitative estimate of drug-likeness (QED) is 0.749. The summed E-state index contributed by atoms with van der Waals surface area (Å²) in [6.07, 6.45) is 3.36. The highest BCUT2D eigenvalue weighted by Gasteiger charge is 2.11. The van der Waals surface area contributed by atoms with E-state index in [4.69, 9.17) is 5.73 Å². The number of hydrogen-bond donors (Lipinski definition) is 1. The summed E-state index contributed by atoms with van der Waals surface area (Å²) in [4.78, 5) is 4.27. The minimum absolute atomic E-state index is 0.212. The van der Waals surface area contributed by atoms with E-state index in [1.54, 1.807) is 35.2 Å². The van der Waals surface area contributed by atoms with Gasteiger partial charge in [0.15, 0.2) is 11.6 Å². The van der Waals surface area contributed by atoms with Gasteiger partial charge in [0.2, 0.25) is 0 Å². The third-order valence-electron chi connectivity index (χ3n) is 3.26. The molecule has 0 atom stereocenters. The molecule has 0 radical (unpaired) electrons. The summed E-state index contributed by atoms with van der Waals surface area (Å²) in [5.74, 6) is -0.991. The second-order valence-electron chi connectivity index (χ2n) is 4.71. The predicted molar refractivity (Wildman–Crippen MR) is 77.5 cm³/mol. The molecule has 0 fully saturated rings. The second-order valence-corrected chi connectivity index (χ2v) is 4.71. The lowest BCUT2D eigenvalue weighted by molar-refractivity contribution is 0.495. The van der Waals surface area contributed by atoms with E-state index >= 15 is 0 Å². The molecule has 1 aromatic heterocycles. The van der Waals surface area contributed by atoms with Gasteiger partial charge in [-0.2, -0.15) is 0 Å². The Morgan fingerprint density at radius 3 is 2.57 bits per heavy atom. The molecule has 3 rings (SSSR count). The molecule has 0 bridgehead atoms. The maximum Gasteiger partial charge on any atom is 0.163 e. The molecule has 1 heterocycles. The number of halogens is 2. The van der Waals surface area contributed by atoms with Crippen LogP contribution in [0.25, 0.3) is 11.4 Å². The summed E-state index contributed by atoms with van der Waals surface area (Å²) in [5.41, 5.74) is 7.47. The maximum atomic E-state index is 13.8. The molecule has 0 aliphatic carbocycles. The van der Waals surface area contributed by atoms with Gasteiger partial charge in [0, 0.05) is 29.2 Å². The average Bonchev–Trinajstić information content (AvgIpc) is 2.93. The van der Waals surface area contributed by atoms with Crippen LogP contribution < -0.4 is 5.73 Å². The summed E-state index contributed by atoms with van der Waals surface area (Å²) < 4.78 is 28.8. The molecular weight excluding hydrogens is 272 g/mol. The minimum Gasteiger partial charge on any atom is -0.399 e. The fourth-order valence-electron chi connectivity index (χ4n) is 2.18. The first-order valence-corrected chi connectivity index (χ1v) is 6.45. The van der Waals surface area contributed by atoms with Gasteiger partial charge >= 0.3 is 0 Å². The zero-order valence-electron chi connectivity index (χ0n) is 11.1. The summed E-state index contributed by atoms with van der Waals surface area (Å²) in [5, 5.41) is 0. The van der Waals surface area contributed by atoms with Gasteiger partial charge in [0.1, 0.15) is 5.82 Å². The van der Waals surface area contributed by atoms with Crippen LogP contribution in [-0.2, 0) is 6.54 Å². The van der Waals surface area contributed by atoms with Crippen molar-refractivity contribution in [1.29, 1.82) is 0 Å². The molecule has 3 nitrogen and oxygen atoms in total. The highest BCUT2D eigenvalue weighted by atomic mass is 19.2. The Balaban J connectivity index is 1.96. The molecule has 2 N–H and O–H groups in total. The van der Waals surface area contributed by atoms with Crippen LogP contribution in [0.4, 0.5) is 14.5 Å². The Labute approximate surface area is 120 Å². The first-order chi connectivity index (χ1) is 10.1. The Morgan fingerprint density at radius 1 is 1.05 bits per heavy atom. The molecule has 5 heteroatoms. The van der Waals surface area contributed by atoms with Crippen LogP contribution in [0.3, 0.4) is 0 Å². The van der Waals surface area contributed by atoms with Crippen molar-refractivity contribution in [2.45, 2.75) is 6.54 Å². The number of nitrogens with zero attached hydrogens (tertiary/aromatic N) is 2. The van der Waals surface area contributed by atoms with E-state index in [0.29, 0.717) is 11.5 Å². The Kier molecular flexibility index (Phi) is 3.39. The Bertz CT molecular complexity index is 763. The van der Waals surface area contributed by atoms with E-state index in [1.807, 2.05) is 12.1 Å². The molecule has 0 saturated heterocycles. The summed E-state index contributed by atoms with van der Waals surface area (Å²) >= 11 is 0. The molecule has 0 aliphatic heterocycles. The number of nitrogens with two attached hydrogens (primary N) is 1. The number of aromatic nitrogens is 2. The number of rotatable bonds is 3. The third-order valence-corrected chi connectivity index (χ3v) is 3.26. The van der Waals surface area contributed by atoms with Crippen LogP contribution in [-0.4, -0.2) is 9.55 Å². The SMILES string of the molecule is Nc1ccc(-c2nccn2Cc2cccc(F)c2F)cc1. The van der Waals surface area contributed by atoms with Crippen LogP contribution in [0.5, 0.6) is 0 Å². The number of nitrogen functional groups attached to an aromatic ring is 1. The van der Waals surface area contributed by atoms with Gasteiger partial charge in [-0.05, 0) is 30.3 Å². The van der Waals surface area contributed by atoms with Gasteiger partial charge in [-0.25, -0.2) is 13.8 Å². The molecule has 2 aromatic carbocycles. The number of imidazole rings is 1. The predicted octanol–water partition coefficient (Wildman–Crippen LogP) is 3.46. The van der Waals surface area contributed by atoms with E-state index in [0.717, 1.165) is 11.6 Å². The highest BCUT2D eigenvalue weighted by Crippen LogP contribution is 2.21. The van der Waals surface area contributed by atoms with Crippen LogP contribution in [0.1, 0.15) is 5.56 Å². The topological polar surface area (TPSA) is 43.8 Å². The molecule has 0 spiro atoms. The van der Waals surface area contributed by atoms with Crippen LogP contribution in [0.2, 0.25) is 0 Å². The van der Waals surface area contributed by atoms with Gasteiger partial charge < -0.3 is 10.3 Å². The number of anilines is 1. The fraction of sp³-hybridized carbons (Fsp3) is 0.0625. The van der Waals surface area contributed by atoms with Crippen LogP contribution >= 0.6 is 0 Å². The van der Waals surface area contributed by atoms with Crippen molar-refractivity contribution in [3.05, 3.63) is 72.1 Å². The zero-order chi connectivity index (χ0) is 14.8. The monoisotopic (exact) mass is 285 g/mol. The largest absolute Gasteiger partial charge is 0.399 e. The van der Waals surface area contributed by atoms with Gasteiger partial charge in [-0.3, -0.25) is 0 Å². The standard InChI is InChI=1S/C16H13F2N3/c17-14-3-1-2-12(15(14)18)10-21-9-8-20-16(21)11-4-6-13(19)7-5-11/h1-9H,10,19H2. The fourth-order valence-corrected chi connectivity index (χ4v) is 2.18.